The van der Waals surface area contributed by atoms with E-state index in [2.05, 4.69) is 4.98 Å². The van der Waals surface area contributed by atoms with Crippen LogP contribution in [0.1, 0.15) is 12.5 Å². The first-order chi connectivity index (χ1) is 8.52. The third-order valence-electron chi connectivity index (χ3n) is 2.24. The molecule has 0 fully saturated rings. The van der Waals surface area contributed by atoms with Gasteiger partial charge in [-0.25, -0.2) is 9.78 Å². The molecule has 0 aliphatic heterocycles. The second-order valence-electron chi connectivity index (χ2n) is 3.60. The summed E-state index contributed by atoms with van der Waals surface area (Å²) in [7, 11) is 0. The normalized spacial score (nSPS) is 10.5. The number of nitrogens with two attached hydrogens (primary N) is 1. The standard InChI is InChI=1S/C12H15N3O3/c1-2-15(8-10(13)16)11-5-3-9(7-14-11)4-6-12(17)18/h3-7H,2,8H2,1H3,(H2,13,16)(H,17,18)/b6-4+. The van der Waals surface area contributed by atoms with E-state index in [0.29, 0.717) is 17.9 Å². The number of nitrogens with zero attached hydrogens (tertiary/aromatic N) is 2. The SMILES string of the molecule is CCN(CC(N)=O)c1ccc(/C=C/C(=O)O)cn1. The van der Waals surface area contributed by atoms with E-state index in [4.69, 9.17) is 10.8 Å². The Morgan fingerprint density at radius 2 is 2.22 bits per heavy atom. The number of hydrogen-bond donors (Lipinski definition) is 2. The van der Waals surface area contributed by atoms with Crippen molar-refractivity contribution in [3.63, 3.8) is 0 Å². The molecule has 0 spiro atoms. The molecule has 0 aliphatic rings. The van der Waals surface area contributed by atoms with E-state index in [-0.39, 0.29) is 6.54 Å². The predicted molar refractivity (Wildman–Crippen MR) is 68.0 cm³/mol. The Kier molecular flexibility index (Phi) is 4.86. The molecule has 0 unspecified atom stereocenters. The number of aromatic nitrogens is 1. The third kappa shape index (κ3) is 4.25. The van der Waals surface area contributed by atoms with Crippen LogP contribution in [0.25, 0.3) is 6.08 Å². The van der Waals surface area contributed by atoms with E-state index in [9.17, 15) is 9.59 Å². The molecule has 0 saturated heterocycles. The average molecular weight is 249 g/mol. The van der Waals surface area contributed by atoms with Gasteiger partial charge in [0.15, 0.2) is 0 Å². The molecule has 0 bridgehead atoms. The number of hydrogen-bond acceptors (Lipinski definition) is 4. The summed E-state index contributed by atoms with van der Waals surface area (Å²) in [4.78, 5) is 27.1. The summed E-state index contributed by atoms with van der Waals surface area (Å²) in [5.41, 5.74) is 5.81. The summed E-state index contributed by atoms with van der Waals surface area (Å²) in [6, 6.07) is 3.44. The first-order valence-corrected chi connectivity index (χ1v) is 5.43. The molecule has 0 saturated carbocycles. The van der Waals surface area contributed by atoms with Gasteiger partial charge in [-0.15, -0.1) is 0 Å². The molecule has 0 atom stereocenters. The highest BCUT2D eigenvalue weighted by Gasteiger charge is 2.07. The Labute approximate surface area is 105 Å². The molecule has 0 aromatic carbocycles. The fourth-order valence-corrected chi connectivity index (χ4v) is 1.39. The van der Waals surface area contributed by atoms with E-state index < -0.39 is 11.9 Å². The summed E-state index contributed by atoms with van der Waals surface area (Å²) >= 11 is 0. The van der Waals surface area contributed by atoms with E-state index in [1.54, 1.807) is 23.2 Å². The highest BCUT2D eigenvalue weighted by atomic mass is 16.4. The molecule has 1 heterocycles. The van der Waals surface area contributed by atoms with Gasteiger partial charge in [-0.2, -0.15) is 0 Å². The van der Waals surface area contributed by atoms with Crippen LogP contribution in [-0.4, -0.2) is 35.1 Å². The number of amides is 1. The molecule has 6 heteroatoms. The van der Waals surface area contributed by atoms with Gasteiger partial charge in [0.25, 0.3) is 0 Å². The van der Waals surface area contributed by atoms with Crippen molar-refractivity contribution in [1.29, 1.82) is 0 Å². The number of pyridine rings is 1. The van der Waals surface area contributed by atoms with Crippen LogP contribution in [0.5, 0.6) is 0 Å². The van der Waals surface area contributed by atoms with E-state index in [0.717, 1.165) is 6.08 Å². The van der Waals surface area contributed by atoms with Gasteiger partial charge < -0.3 is 15.7 Å². The topological polar surface area (TPSA) is 96.5 Å². The van der Waals surface area contributed by atoms with E-state index >= 15 is 0 Å². The Morgan fingerprint density at radius 3 is 2.67 bits per heavy atom. The first kappa shape index (κ1) is 13.7. The van der Waals surface area contributed by atoms with Crippen molar-refractivity contribution in [2.75, 3.05) is 18.0 Å². The Hall–Kier alpha value is -2.37. The van der Waals surface area contributed by atoms with Gasteiger partial charge in [-0.3, -0.25) is 4.79 Å². The Morgan fingerprint density at radius 1 is 1.50 bits per heavy atom. The number of carboxylic acids is 1. The number of anilines is 1. The van der Waals surface area contributed by atoms with Crippen LogP contribution >= 0.6 is 0 Å². The largest absolute Gasteiger partial charge is 0.478 e. The first-order valence-electron chi connectivity index (χ1n) is 5.43. The smallest absolute Gasteiger partial charge is 0.328 e. The summed E-state index contributed by atoms with van der Waals surface area (Å²) in [5.74, 6) is -0.805. The van der Waals surface area contributed by atoms with E-state index in [1.165, 1.54) is 6.08 Å². The number of primary amides is 1. The molecule has 1 amide bonds. The fourth-order valence-electron chi connectivity index (χ4n) is 1.39. The van der Waals surface area contributed by atoms with Crippen molar-refractivity contribution in [1.82, 2.24) is 4.98 Å². The lowest BCUT2D eigenvalue weighted by Crippen LogP contribution is -2.34. The zero-order chi connectivity index (χ0) is 13.5. The van der Waals surface area contributed by atoms with Crippen molar-refractivity contribution < 1.29 is 14.7 Å². The second kappa shape index (κ2) is 6.39. The predicted octanol–water partition coefficient (Wildman–Crippen LogP) is 0.491. The highest BCUT2D eigenvalue weighted by molar-refractivity contribution is 5.85. The lowest BCUT2D eigenvalue weighted by molar-refractivity contribution is -0.131. The molecule has 6 nitrogen and oxygen atoms in total. The number of carboxylic acid groups (broad SMARTS) is 1. The Balaban J connectivity index is 2.80. The van der Waals surface area contributed by atoms with Crippen LogP contribution in [0, 0.1) is 0 Å². The second-order valence-corrected chi connectivity index (χ2v) is 3.60. The zero-order valence-electron chi connectivity index (χ0n) is 10.0. The molecular weight excluding hydrogens is 234 g/mol. The highest BCUT2D eigenvalue weighted by Crippen LogP contribution is 2.11. The maximum Gasteiger partial charge on any atom is 0.328 e. The third-order valence-corrected chi connectivity index (χ3v) is 2.24. The minimum Gasteiger partial charge on any atom is -0.478 e. The van der Waals surface area contributed by atoms with Crippen LogP contribution in [0.2, 0.25) is 0 Å². The van der Waals surface area contributed by atoms with Gasteiger partial charge in [-0.05, 0) is 30.7 Å². The van der Waals surface area contributed by atoms with Crippen molar-refractivity contribution >= 4 is 23.8 Å². The van der Waals surface area contributed by atoms with Gasteiger partial charge >= 0.3 is 5.97 Å². The summed E-state index contributed by atoms with van der Waals surface area (Å²) in [5, 5.41) is 8.49. The quantitative estimate of drug-likeness (QED) is 0.715. The summed E-state index contributed by atoms with van der Waals surface area (Å²) < 4.78 is 0. The van der Waals surface area contributed by atoms with Gasteiger partial charge in [0, 0.05) is 18.8 Å². The number of rotatable bonds is 6. The minimum absolute atomic E-state index is 0.105. The maximum atomic E-state index is 10.9. The van der Waals surface area contributed by atoms with Crippen molar-refractivity contribution in [2.24, 2.45) is 5.73 Å². The number of aliphatic carboxylic acids is 1. The summed E-state index contributed by atoms with van der Waals surface area (Å²) in [6.45, 7) is 2.61. The molecule has 1 aromatic rings. The Bertz CT molecular complexity index is 454. The monoisotopic (exact) mass is 249 g/mol. The molecule has 0 aliphatic carbocycles. The molecular formula is C12H15N3O3. The molecule has 1 rings (SSSR count). The van der Waals surface area contributed by atoms with E-state index in [1.807, 2.05) is 6.92 Å². The van der Waals surface area contributed by atoms with Crippen LogP contribution in [0.4, 0.5) is 5.82 Å². The van der Waals surface area contributed by atoms with Gasteiger partial charge in [0.1, 0.15) is 5.82 Å². The number of likely N-dealkylation sites (N-methyl/N-ethyl adjacent to an activating group) is 1. The molecule has 0 radical (unpaired) electrons. The van der Waals surface area contributed by atoms with Gasteiger partial charge in [0.2, 0.25) is 5.91 Å². The molecule has 3 N–H and O–H groups in total. The van der Waals surface area contributed by atoms with Crippen LogP contribution in [0.3, 0.4) is 0 Å². The maximum absolute atomic E-state index is 10.9. The molecule has 18 heavy (non-hydrogen) atoms. The van der Waals surface area contributed by atoms with Crippen molar-refractivity contribution in [3.8, 4) is 0 Å². The number of carbonyl (C=O) groups excluding carboxylic acids is 1. The van der Waals surface area contributed by atoms with Gasteiger partial charge in [-0.1, -0.05) is 0 Å². The lowest BCUT2D eigenvalue weighted by atomic mass is 10.2. The zero-order valence-corrected chi connectivity index (χ0v) is 10.0. The average Bonchev–Trinajstić information content (AvgIpc) is 2.34. The molecule has 1 aromatic heterocycles. The van der Waals surface area contributed by atoms with Crippen molar-refractivity contribution in [3.05, 3.63) is 30.0 Å². The lowest BCUT2D eigenvalue weighted by Gasteiger charge is -2.19. The fraction of sp³-hybridized carbons (Fsp3) is 0.250. The van der Waals surface area contributed by atoms with Gasteiger partial charge in [0.05, 0.1) is 6.54 Å². The van der Waals surface area contributed by atoms with Crippen LogP contribution in [0.15, 0.2) is 24.4 Å². The van der Waals surface area contributed by atoms with Crippen LogP contribution < -0.4 is 10.6 Å². The van der Waals surface area contributed by atoms with Crippen LogP contribution in [-0.2, 0) is 9.59 Å². The molecule has 96 valence electrons. The summed E-state index contributed by atoms with van der Waals surface area (Å²) in [6.07, 6.45) is 4.03. The number of carbonyl (C=O) groups is 2. The minimum atomic E-state index is -1.01. The van der Waals surface area contributed by atoms with Crippen molar-refractivity contribution in [2.45, 2.75) is 6.92 Å².